The number of carbonyl (C=O) groups is 1. The van der Waals surface area contributed by atoms with E-state index in [2.05, 4.69) is 29.4 Å². The molecule has 0 radical (unpaired) electrons. The number of amides is 1. The number of hydrogen-bond donors (Lipinski definition) is 1. The normalized spacial score (nSPS) is 14.7. The minimum atomic E-state index is -0.204. The predicted molar refractivity (Wildman–Crippen MR) is 109 cm³/mol. The average molecular weight is 405 g/mol. The number of nitrogens with zero attached hydrogens (tertiary/aromatic N) is 3. The molecule has 1 aliphatic rings. The molecule has 28 heavy (non-hydrogen) atoms. The first-order valence-electron chi connectivity index (χ1n) is 10.1. The van der Waals surface area contributed by atoms with Gasteiger partial charge in [0, 0.05) is 18.7 Å². The van der Waals surface area contributed by atoms with Crippen molar-refractivity contribution in [3.05, 3.63) is 41.5 Å². The first-order valence-corrected chi connectivity index (χ1v) is 11.1. The van der Waals surface area contributed by atoms with Gasteiger partial charge in [0.2, 0.25) is 5.91 Å². The van der Waals surface area contributed by atoms with E-state index in [0.717, 1.165) is 30.4 Å². The zero-order valence-electron chi connectivity index (χ0n) is 16.7. The summed E-state index contributed by atoms with van der Waals surface area (Å²) in [5.41, 5.74) is 0.651. The van der Waals surface area contributed by atoms with Gasteiger partial charge in [-0.2, -0.15) is 0 Å². The molecule has 0 saturated heterocycles. The molecule has 1 aromatic heterocycles. The number of benzene rings is 1. The first-order chi connectivity index (χ1) is 13.5. The Balaban J connectivity index is 1.62. The standard InChI is InChI=1S/C21H29FN4OS/c1-15(2)13-26-19(12-23-20(27)11-16-7-3-4-8-16)24-25-21(26)28-14-17-9-5-6-10-18(17)22/h5-6,9-10,15-16H,3-4,7-8,11-14H2,1-2H3,(H,23,27). The third-order valence-electron chi connectivity index (χ3n) is 5.05. The van der Waals surface area contributed by atoms with E-state index in [-0.39, 0.29) is 11.7 Å². The van der Waals surface area contributed by atoms with Crippen LogP contribution in [0.4, 0.5) is 4.39 Å². The Labute approximate surface area is 170 Å². The summed E-state index contributed by atoms with van der Waals surface area (Å²) in [5.74, 6) is 2.08. The van der Waals surface area contributed by atoms with Gasteiger partial charge in [0.15, 0.2) is 11.0 Å². The first kappa shape index (κ1) is 20.8. The Hall–Kier alpha value is -1.89. The summed E-state index contributed by atoms with van der Waals surface area (Å²) in [7, 11) is 0. The van der Waals surface area contributed by atoms with Gasteiger partial charge >= 0.3 is 0 Å². The molecule has 1 saturated carbocycles. The lowest BCUT2D eigenvalue weighted by molar-refractivity contribution is -0.122. The number of hydrogen-bond acceptors (Lipinski definition) is 4. The highest BCUT2D eigenvalue weighted by Gasteiger charge is 2.19. The molecule has 7 heteroatoms. The third-order valence-corrected chi connectivity index (χ3v) is 6.06. The molecule has 1 amide bonds. The lowest BCUT2D eigenvalue weighted by Gasteiger charge is -2.14. The van der Waals surface area contributed by atoms with Crippen molar-refractivity contribution in [2.24, 2.45) is 11.8 Å². The SMILES string of the molecule is CC(C)Cn1c(CNC(=O)CC2CCCC2)nnc1SCc1ccccc1F. The van der Waals surface area contributed by atoms with Gasteiger partial charge in [0.25, 0.3) is 0 Å². The zero-order chi connectivity index (χ0) is 19.9. The minimum absolute atomic E-state index is 0.0894. The van der Waals surface area contributed by atoms with Gasteiger partial charge < -0.3 is 9.88 Å². The van der Waals surface area contributed by atoms with Crippen LogP contribution in [-0.2, 0) is 23.6 Å². The summed E-state index contributed by atoms with van der Waals surface area (Å²) in [4.78, 5) is 12.2. The second-order valence-electron chi connectivity index (χ2n) is 7.91. The zero-order valence-corrected chi connectivity index (χ0v) is 17.5. The molecule has 3 rings (SSSR count). The summed E-state index contributed by atoms with van der Waals surface area (Å²) < 4.78 is 15.9. The van der Waals surface area contributed by atoms with E-state index in [1.165, 1.54) is 30.7 Å². The second kappa shape index (κ2) is 10.0. The molecule has 2 aromatic rings. The van der Waals surface area contributed by atoms with E-state index >= 15 is 0 Å². The Bertz CT molecular complexity index is 786. The maximum absolute atomic E-state index is 13.9. The summed E-state index contributed by atoms with van der Waals surface area (Å²) in [6.07, 6.45) is 5.40. The molecule has 0 atom stereocenters. The summed E-state index contributed by atoms with van der Waals surface area (Å²) >= 11 is 1.47. The lowest BCUT2D eigenvalue weighted by atomic mass is 10.0. The molecule has 0 unspecified atom stereocenters. The maximum Gasteiger partial charge on any atom is 0.220 e. The fraction of sp³-hybridized carbons (Fsp3) is 0.571. The van der Waals surface area contributed by atoms with Crippen molar-refractivity contribution in [3.63, 3.8) is 0 Å². The van der Waals surface area contributed by atoms with Gasteiger partial charge in [-0.1, -0.05) is 56.7 Å². The van der Waals surface area contributed by atoms with E-state index in [1.54, 1.807) is 12.1 Å². The molecular formula is C21H29FN4OS. The van der Waals surface area contributed by atoms with E-state index < -0.39 is 0 Å². The molecule has 1 N–H and O–H groups in total. The largest absolute Gasteiger partial charge is 0.349 e. The van der Waals surface area contributed by atoms with E-state index in [0.29, 0.717) is 36.1 Å². The van der Waals surface area contributed by atoms with Crippen molar-refractivity contribution in [1.82, 2.24) is 20.1 Å². The average Bonchev–Trinajstić information content (AvgIpc) is 3.29. The van der Waals surface area contributed by atoms with Crippen LogP contribution in [-0.4, -0.2) is 20.7 Å². The van der Waals surface area contributed by atoms with Gasteiger partial charge in [-0.05, 0) is 36.3 Å². The molecular weight excluding hydrogens is 375 g/mol. The Morgan fingerprint density at radius 3 is 2.75 bits per heavy atom. The summed E-state index contributed by atoms with van der Waals surface area (Å²) in [5, 5.41) is 12.4. The van der Waals surface area contributed by atoms with E-state index in [1.807, 2.05) is 10.6 Å². The fourth-order valence-electron chi connectivity index (χ4n) is 3.59. The van der Waals surface area contributed by atoms with Gasteiger partial charge in [-0.15, -0.1) is 10.2 Å². The number of rotatable bonds is 9. The third kappa shape index (κ3) is 5.80. The van der Waals surface area contributed by atoms with Crippen LogP contribution in [0.2, 0.25) is 0 Å². The van der Waals surface area contributed by atoms with Crippen molar-refractivity contribution >= 4 is 17.7 Å². The van der Waals surface area contributed by atoms with Crippen LogP contribution in [0.15, 0.2) is 29.4 Å². The molecule has 1 heterocycles. The number of nitrogens with one attached hydrogen (secondary N) is 1. The quantitative estimate of drug-likeness (QED) is 0.622. The molecule has 0 spiro atoms. The molecule has 5 nitrogen and oxygen atoms in total. The number of thioether (sulfide) groups is 1. The van der Waals surface area contributed by atoms with Crippen LogP contribution >= 0.6 is 11.8 Å². The van der Waals surface area contributed by atoms with Crippen molar-refractivity contribution in [2.45, 2.75) is 70.0 Å². The van der Waals surface area contributed by atoms with Crippen LogP contribution in [0.25, 0.3) is 0 Å². The smallest absolute Gasteiger partial charge is 0.220 e. The highest BCUT2D eigenvalue weighted by Crippen LogP contribution is 2.27. The van der Waals surface area contributed by atoms with E-state index in [9.17, 15) is 9.18 Å². The van der Waals surface area contributed by atoms with Gasteiger partial charge in [-0.25, -0.2) is 4.39 Å². The van der Waals surface area contributed by atoms with Crippen LogP contribution in [0, 0.1) is 17.7 Å². The second-order valence-corrected chi connectivity index (χ2v) is 8.86. The molecule has 0 bridgehead atoms. The van der Waals surface area contributed by atoms with Gasteiger partial charge in [0.05, 0.1) is 6.54 Å². The number of halogens is 1. The van der Waals surface area contributed by atoms with E-state index in [4.69, 9.17) is 0 Å². The number of aromatic nitrogens is 3. The minimum Gasteiger partial charge on any atom is -0.349 e. The Kier molecular flexibility index (Phi) is 7.48. The van der Waals surface area contributed by atoms with Crippen LogP contribution in [0.1, 0.15) is 57.3 Å². The van der Waals surface area contributed by atoms with Crippen molar-refractivity contribution in [3.8, 4) is 0 Å². The maximum atomic E-state index is 13.9. The predicted octanol–water partition coefficient (Wildman–Crippen LogP) is 4.56. The Morgan fingerprint density at radius 1 is 1.29 bits per heavy atom. The van der Waals surface area contributed by atoms with Crippen molar-refractivity contribution < 1.29 is 9.18 Å². The lowest BCUT2D eigenvalue weighted by Crippen LogP contribution is -2.26. The van der Waals surface area contributed by atoms with Crippen LogP contribution in [0.5, 0.6) is 0 Å². The summed E-state index contributed by atoms with van der Waals surface area (Å²) in [6, 6.07) is 6.79. The highest BCUT2D eigenvalue weighted by molar-refractivity contribution is 7.98. The number of carbonyl (C=O) groups excluding carboxylic acids is 1. The Morgan fingerprint density at radius 2 is 2.04 bits per heavy atom. The van der Waals surface area contributed by atoms with Crippen LogP contribution < -0.4 is 5.32 Å². The molecule has 1 aromatic carbocycles. The molecule has 0 aliphatic heterocycles. The summed E-state index contributed by atoms with van der Waals surface area (Å²) in [6.45, 7) is 5.41. The van der Waals surface area contributed by atoms with Crippen molar-refractivity contribution in [2.75, 3.05) is 0 Å². The van der Waals surface area contributed by atoms with Crippen molar-refractivity contribution in [1.29, 1.82) is 0 Å². The van der Waals surface area contributed by atoms with Gasteiger partial charge in [-0.3, -0.25) is 4.79 Å². The molecule has 1 aliphatic carbocycles. The fourth-order valence-corrected chi connectivity index (χ4v) is 4.54. The molecule has 1 fully saturated rings. The molecule has 152 valence electrons. The van der Waals surface area contributed by atoms with Gasteiger partial charge in [0.1, 0.15) is 5.82 Å². The monoisotopic (exact) mass is 404 g/mol. The topological polar surface area (TPSA) is 59.8 Å². The van der Waals surface area contributed by atoms with Crippen LogP contribution in [0.3, 0.4) is 0 Å². The highest BCUT2D eigenvalue weighted by atomic mass is 32.2.